The minimum Gasteiger partial charge on any atom is -0.271 e. The van der Waals surface area contributed by atoms with E-state index in [-0.39, 0.29) is 5.41 Å². The Labute approximate surface area is 127 Å². The average Bonchev–Trinajstić information content (AvgIpc) is 2.85. The third-order valence-electron chi connectivity index (χ3n) is 3.24. The highest BCUT2D eigenvalue weighted by molar-refractivity contribution is 7.09. The van der Waals surface area contributed by atoms with Crippen molar-refractivity contribution in [1.82, 2.24) is 10.4 Å². The van der Waals surface area contributed by atoms with Crippen molar-refractivity contribution in [3.8, 4) is 0 Å². The maximum atomic E-state index is 13.8. The maximum Gasteiger partial charge on any atom is 0.130 e. The van der Waals surface area contributed by atoms with E-state index in [0.29, 0.717) is 12.0 Å². The highest BCUT2D eigenvalue weighted by Gasteiger charge is 2.21. The lowest BCUT2D eigenvalue weighted by Crippen LogP contribution is -2.30. The maximum absolute atomic E-state index is 13.8. The summed E-state index contributed by atoms with van der Waals surface area (Å²) in [6.45, 7) is 6.26. The molecule has 0 spiro atoms. The van der Waals surface area contributed by atoms with Crippen molar-refractivity contribution < 1.29 is 8.78 Å². The molecule has 0 aliphatic heterocycles. The summed E-state index contributed by atoms with van der Waals surface area (Å²) < 4.78 is 26.8. The molecule has 1 atom stereocenters. The van der Waals surface area contributed by atoms with Gasteiger partial charge in [-0.15, -0.1) is 11.3 Å². The zero-order chi connectivity index (χ0) is 15.6. The molecule has 0 bridgehead atoms. The second-order valence-corrected chi connectivity index (χ2v) is 6.91. The summed E-state index contributed by atoms with van der Waals surface area (Å²) in [5, 5.41) is 2.87. The van der Waals surface area contributed by atoms with Gasteiger partial charge in [-0.2, -0.15) is 0 Å². The lowest BCUT2D eigenvalue weighted by atomic mass is 9.93. The Morgan fingerprint density at radius 2 is 2.05 bits per heavy atom. The van der Waals surface area contributed by atoms with Gasteiger partial charge in [0, 0.05) is 28.8 Å². The van der Waals surface area contributed by atoms with Gasteiger partial charge in [0.15, 0.2) is 0 Å². The number of hydrogen-bond donors (Lipinski definition) is 2. The largest absolute Gasteiger partial charge is 0.271 e. The fourth-order valence-corrected chi connectivity index (χ4v) is 3.03. The molecule has 2 rings (SSSR count). The number of hydrogen-bond acceptors (Lipinski definition) is 4. The van der Waals surface area contributed by atoms with Crippen LogP contribution < -0.4 is 11.3 Å². The normalized spacial score (nSPS) is 13.4. The highest BCUT2D eigenvalue weighted by atomic mass is 32.1. The third-order valence-corrected chi connectivity index (χ3v) is 4.11. The number of thiazole rings is 1. The molecule has 21 heavy (non-hydrogen) atoms. The Morgan fingerprint density at radius 3 is 2.57 bits per heavy atom. The van der Waals surface area contributed by atoms with Crippen molar-refractivity contribution in [1.29, 1.82) is 0 Å². The van der Waals surface area contributed by atoms with Crippen molar-refractivity contribution in [3.63, 3.8) is 0 Å². The van der Waals surface area contributed by atoms with E-state index in [1.807, 2.05) is 5.38 Å². The standard InChI is InChI=1S/C15H19F2N3S/c1-15(2,3)13-8-21-14(19-13)7-12(20-18)10-5-4-9(16)6-11(10)17/h4-6,8,12,20H,7,18H2,1-3H3. The molecule has 0 amide bonds. The molecule has 0 saturated carbocycles. The molecule has 1 unspecified atom stereocenters. The third kappa shape index (κ3) is 3.84. The summed E-state index contributed by atoms with van der Waals surface area (Å²) in [7, 11) is 0. The van der Waals surface area contributed by atoms with Gasteiger partial charge in [0.1, 0.15) is 11.6 Å². The predicted molar refractivity (Wildman–Crippen MR) is 80.9 cm³/mol. The number of nitrogens with one attached hydrogen (secondary N) is 1. The highest BCUT2D eigenvalue weighted by Crippen LogP contribution is 2.27. The first-order valence-electron chi connectivity index (χ1n) is 6.67. The van der Waals surface area contributed by atoms with Gasteiger partial charge in [0.25, 0.3) is 0 Å². The smallest absolute Gasteiger partial charge is 0.130 e. The first-order valence-corrected chi connectivity index (χ1v) is 7.55. The van der Waals surface area contributed by atoms with Gasteiger partial charge in [-0.25, -0.2) is 13.8 Å². The van der Waals surface area contributed by atoms with Gasteiger partial charge in [-0.1, -0.05) is 26.8 Å². The van der Waals surface area contributed by atoms with Crippen LogP contribution in [0.2, 0.25) is 0 Å². The van der Waals surface area contributed by atoms with Gasteiger partial charge in [-0.3, -0.25) is 11.3 Å². The predicted octanol–water partition coefficient (Wildman–Crippen LogP) is 3.47. The van der Waals surface area contributed by atoms with E-state index in [1.54, 1.807) is 0 Å². The molecule has 0 radical (unpaired) electrons. The zero-order valence-electron chi connectivity index (χ0n) is 12.3. The van der Waals surface area contributed by atoms with Crippen LogP contribution in [0, 0.1) is 11.6 Å². The number of rotatable bonds is 4. The second-order valence-electron chi connectivity index (χ2n) is 5.97. The summed E-state index contributed by atoms with van der Waals surface area (Å²) in [4.78, 5) is 4.57. The summed E-state index contributed by atoms with van der Waals surface area (Å²) in [6.07, 6.45) is 0.458. The summed E-state index contributed by atoms with van der Waals surface area (Å²) >= 11 is 1.52. The minimum atomic E-state index is -0.606. The van der Waals surface area contributed by atoms with Crippen LogP contribution in [0.5, 0.6) is 0 Å². The number of aromatic nitrogens is 1. The molecule has 0 saturated heterocycles. The van der Waals surface area contributed by atoms with Crippen LogP contribution in [-0.4, -0.2) is 4.98 Å². The first kappa shape index (κ1) is 16.0. The number of benzene rings is 1. The molecule has 0 fully saturated rings. The van der Waals surface area contributed by atoms with Gasteiger partial charge in [-0.05, 0) is 6.07 Å². The second kappa shape index (κ2) is 6.17. The van der Waals surface area contributed by atoms with Crippen LogP contribution in [0.15, 0.2) is 23.6 Å². The van der Waals surface area contributed by atoms with Gasteiger partial charge in [0.2, 0.25) is 0 Å². The molecule has 1 heterocycles. The van der Waals surface area contributed by atoms with Crippen molar-refractivity contribution in [2.45, 2.75) is 38.6 Å². The molecule has 6 heteroatoms. The SMILES string of the molecule is CC(C)(C)c1csc(CC(NN)c2ccc(F)cc2F)n1. The molecular formula is C15H19F2N3S. The topological polar surface area (TPSA) is 50.9 Å². The Hall–Kier alpha value is -1.37. The lowest BCUT2D eigenvalue weighted by molar-refractivity contribution is 0.499. The van der Waals surface area contributed by atoms with Gasteiger partial charge >= 0.3 is 0 Å². The molecule has 2 aromatic rings. The fraction of sp³-hybridized carbons (Fsp3) is 0.400. The van der Waals surface area contributed by atoms with Crippen LogP contribution in [0.4, 0.5) is 8.78 Å². The quantitative estimate of drug-likeness (QED) is 0.671. The Kier molecular flexibility index (Phi) is 4.70. The molecule has 1 aromatic heterocycles. The first-order chi connectivity index (χ1) is 9.81. The zero-order valence-corrected chi connectivity index (χ0v) is 13.1. The summed E-state index contributed by atoms with van der Waals surface area (Å²) in [5.41, 5.74) is 3.89. The molecule has 0 aliphatic carbocycles. The van der Waals surface area contributed by atoms with Gasteiger partial charge < -0.3 is 0 Å². The monoisotopic (exact) mass is 311 g/mol. The van der Waals surface area contributed by atoms with Crippen molar-refractivity contribution in [2.75, 3.05) is 0 Å². The number of hydrazine groups is 1. The molecular weight excluding hydrogens is 292 g/mol. The van der Waals surface area contributed by atoms with E-state index in [4.69, 9.17) is 5.84 Å². The van der Waals surface area contributed by atoms with E-state index >= 15 is 0 Å². The fourth-order valence-electron chi connectivity index (χ4n) is 1.97. The van der Waals surface area contributed by atoms with Crippen LogP contribution in [0.1, 0.15) is 43.1 Å². The molecule has 0 aliphatic rings. The Morgan fingerprint density at radius 1 is 1.33 bits per heavy atom. The number of halogens is 2. The van der Waals surface area contributed by atoms with Crippen molar-refractivity contribution in [2.24, 2.45) is 5.84 Å². The Bertz CT molecular complexity index is 620. The van der Waals surface area contributed by atoms with Crippen molar-refractivity contribution >= 4 is 11.3 Å². The summed E-state index contributed by atoms with van der Waals surface area (Å²) in [6, 6.07) is 3.06. The number of nitrogens with zero attached hydrogens (tertiary/aromatic N) is 1. The van der Waals surface area contributed by atoms with Crippen molar-refractivity contribution in [3.05, 3.63) is 51.5 Å². The van der Waals surface area contributed by atoms with Gasteiger partial charge in [0.05, 0.1) is 16.7 Å². The van der Waals surface area contributed by atoms with E-state index < -0.39 is 17.7 Å². The minimum absolute atomic E-state index is 0.0263. The molecule has 1 aromatic carbocycles. The molecule has 3 N–H and O–H groups in total. The van der Waals surface area contributed by atoms with E-state index in [2.05, 4.69) is 31.2 Å². The molecule has 114 valence electrons. The van der Waals surface area contributed by atoms with Crippen LogP contribution >= 0.6 is 11.3 Å². The summed E-state index contributed by atoms with van der Waals surface area (Å²) in [5.74, 6) is 4.31. The lowest BCUT2D eigenvalue weighted by Gasteiger charge is -2.16. The van der Waals surface area contributed by atoms with Crippen LogP contribution in [0.3, 0.4) is 0 Å². The van der Waals surface area contributed by atoms with Crippen LogP contribution in [0.25, 0.3) is 0 Å². The van der Waals surface area contributed by atoms with E-state index in [0.717, 1.165) is 16.8 Å². The Balaban J connectivity index is 2.21. The van der Waals surface area contributed by atoms with Crippen LogP contribution in [-0.2, 0) is 11.8 Å². The van der Waals surface area contributed by atoms with E-state index in [9.17, 15) is 8.78 Å². The average molecular weight is 311 g/mol. The van der Waals surface area contributed by atoms with E-state index in [1.165, 1.54) is 23.5 Å². The molecule has 3 nitrogen and oxygen atoms in total. The number of nitrogens with two attached hydrogens (primary N) is 1.